The lowest BCUT2D eigenvalue weighted by Crippen LogP contribution is -2.15. The van der Waals surface area contributed by atoms with Crippen LogP contribution < -0.4 is 19.5 Å². The Hall–Kier alpha value is -3.43. The van der Waals surface area contributed by atoms with E-state index in [4.69, 9.17) is 14.2 Å². The number of aryl methyl sites for hydroxylation is 1. The lowest BCUT2D eigenvalue weighted by atomic mass is 10.1. The molecule has 1 aliphatic rings. The first-order valence-electron chi connectivity index (χ1n) is 9.95. The molecule has 0 aliphatic carbocycles. The van der Waals surface area contributed by atoms with Gasteiger partial charge in [0.05, 0.1) is 16.4 Å². The number of hydrogen-bond donors (Lipinski definition) is 1. The quantitative estimate of drug-likeness (QED) is 0.423. The van der Waals surface area contributed by atoms with Gasteiger partial charge in [-0.05, 0) is 43.3 Å². The molecule has 162 valence electrons. The number of rotatable bonds is 6. The number of ether oxygens (including phenoxy) is 3. The van der Waals surface area contributed by atoms with Crippen molar-refractivity contribution in [2.75, 3.05) is 18.5 Å². The number of thiazole rings is 2. The van der Waals surface area contributed by atoms with E-state index in [0.29, 0.717) is 42.0 Å². The van der Waals surface area contributed by atoms with Gasteiger partial charge in [-0.3, -0.25) is 10.1 Å². The molecule has 4 aromatic rings. The van der Waals surface area contributed by atoms with Crippen molar-refractivity contribution in [3.63, 3.8) is 0 Å². The van der Waals surface area contributed by atoms with Gasteiger partial charge in [-0.25, -0.2) is 9.97 Å². The van der Waals surface area contributed by atoms with E-state index >= 15 is 0 Å². The Kier molecular flexibility index (Phi) is 5.74. The van der Waals surface area contributed by atoms with E-state index in [0.717, 1.165) is 27.7 Å². The molecule has 7 nitrogen and oxygen atoms in total. The highest BCUT2D eigenvalue weighted by Crippen LogP contribution is 2.35. The van der Waals surface area contributed by atoms with Crippen molar-refractivity contribution in [2.24, 2.45) is 0 Å². The topological polar surface area (TPSA) is 82.6 Å². The van der Waals surface area contributed by atoms with Gasteiger partial charge in [0.15, 0.2) is 16.6 Å². The van der Waals surface area contributed by atoms with Crippen LogP contribution in [0, 0.1) is 6.92 Å². The van der Waals surface area contributed by atoms with Gasteiger partial charge in [-0.15, -0.1) is 22.7 Å². The summed E-state index contributed by atoms with van der Waals surface area (Å²) in [5, 5.41) is 8.24. The molecule has 9 heteroatoms. The molecule has 1 amide bonds. The molecule has 0 radical (unpaired) electrons. The van der Waals surface area contributed by atoms with Gasteiger partial charge in [-0.2, -0.15) is 0 Å². The third-order valence-corrected chi connectivity index (χ3v) is 6.29. The van der Waals surface area contributed by atoms with Gasteiger partial charge >= 0.3 is 0 Å². The van der Waals surface area contributed by atoms with E-state index in [-0.39, 0.29) is 5.91 Å². The SMILES string of the molecule is Cc1nc(COc2cccc(C(=O)Nc3nc(-c4ccc5c(c4)OCCO5)cs3)c2)cs1. The fourth-order valence-corrected chi connectivity index (χ4v) is 4.51. The van der Waals surface area contributed by atoms with E-state index in [9.17, 15) is 4.79 Å². The monoisotopic (exact) mass is 465 g/mol. The Morgan fingerprint density at radius 2 is 1.94 bits per heavy atom. The fourth-order valence-electron chi connectivity index (χ4n) is 3.19. The molecule has 2 aromatic heterocycles. The highest BCUT2D eigenvalue weighted by Gasteiger charge is 2.15. The van der Waals surface area contributed by atoms with Crippen molar-refractivity contribution in [3.8, 4) is 28.5 Å². The largest absolute Gasteiger partial charge is 0.487 e. The number of anilines is 1. The summed E-state index contributed by atoms with van der Waals surface area (Å²) < 4.78 is 17.0. The second kappa shape index (κ2) is 8.97. The molecule has 0 saturated heterocycles. The molecule has 1 N–H and O–H groups in total. The summed E-state index contributed by atoms with van der Waals surface area (Å²) in [5.41, 5.74) is 3.03. The molecule has 1 aliphatic heterocycles. The highest BCUT2D eigenvalue weighted by atomic mass is 32.1. The first kappa shape index (κ1) is 20.5. The lowest BCUT2D eigenvalue weighted by molar-refractivity contribution is 0.102. The van der Waals surface area contributed by atoms with E-state index < -0.39 is 0 Å². The summed E-state index contributed by atoms with van der Waals surface area (Å²) in [7, 11) is 0. The van der Waals surface area contributed by atoms with Crippen LogP contribution in [0.25, 0.3) is 11.3 Å². The molecule has 5 rings (SSSR count). The van der Waals surface area contributed by atoms with Crippen molar-refractivity contribution in [1.82, 2.24) is 9.97 Å². The van der Waals surface area contributed by atoms with Gasteiger partial charge < -0.3 is 14.2 Å². The van der Waals surface area contributed by atoms with Gasteiger partial charge in [0.1, 0.15) is 25.6 Å². The zero-order valence-corrected chi connectivity index (χ0v) is 18.8. The van der Waals surface area contributed by atoms with Gasteiger partial charge in [0, 0.05) is 21.9 Å². The van der Waals surface area contributed by atoms with Crippen LogP contribution in [0.2, 0.25) is 0 Å². The summed E-state index contributed by atoms with van der Waals surface area (Å²) in [5.74, 6) is 1.80. The molecule has 3 heterocycles. The summed E-state index contributed by atoms with van der Waals surface area (Å²) >= 11 is 2.95. The molecule has 0 spiro atoms. The lowest BCUT2D eigenvalue weighted by Gasteiger charge is -2.18. The van der Waals surface area contributed by atoms with Crippen molar-refractivity contribution in [1.29, 1.82) is 0 Å². The molecular formula is C23H19N3O4S2. The van der Waals surface area contributed by atoms with Crippen LogP contribution in [0.3, 0.4) is 0 Å². The summed E-state index contributed by atoms with van der Waals surface area (Å²) in [6.45, 7) is 3.40. The molecule has 2 aromatic carbocycles. The average molecular weight is 466 g/mol. The number of hydrogen-bond acceptors (Lipinski definition) is 8. The summed E-state index contributed by atoms with van der Waals surface area (Å²) in [4.78, 5) is 21.7. The third kappa shape index (κ3) is 4.58. The zero-order chi connectivity index (χ0) is 21.9. The van der Waals surface area contributed by atoms with Crippen LogP contribution in [0.15, 0.2) is 53.2 Å². The van der Waals surface area contributed by atoms with Crippen LogP contribution in [-0.2, 0) is 6.61 Å². The van der Waals surface area contributed by atoms with Crippen molar-refractivity contribution in [2.45, 2.75) is 13.5 Å². The first-order valence-corrected chi connectivity index (χ1v) is 11.7. The number of nitrogens with one attached hydrogen (secondary N) is 1. The number of carbonyl (C=O) groups is 1. The van der Waals surface area contributed by atoms with Gasteiger partial charge in [0.2, 0.25) is 0 Å². The minimum absolute atomic E-state index is 0.247. The minimum atomic E-state index is -0.247. The Morgan fingerprint density at radius 3 is 2.78 bits per heavy atom. The van der Waals surface area contributed by atoms with Crippen LogP contribution in [0.5, 0.6) is 17.2 Å². The predicted molar refractivity (Wildman–Crippen MR) is 124 cm³/mol. The Labute approximate surface area is 192 Å². The number of aromatic nitrogens is 2. The van der Waals surface area contributed by atoms with Crippen molar-refractivity contribution < 1.29 is 19.0 Å². The minimum Gasteiger partial charge on any atom is -0.487 e. The molecule has 0 unspecified atom stereocenters. The number of fused-ring (bicyclic) bond motifs is 1. The van der Waals surface area contributed by atoms with Crippen LogP contribution in [-0.4, -0.2) is 29.1 Å². The number of benzene rings is 2. The van der Waals surface area contributed by atoms with Crippen LogP contribution in [0.1, 0.15) is 21.1 Å². The molecule has 0 fully saturated rings. The van der Waals surface area contributed by atoms with Crippen molar-refractivity contribution in [3.05, 3.63) is 69.5 Å². The third-order valence-electron chi connectivity index (χ3n) is 4.71. The maximum Gasteiger partial charge on any atom is 0.257 e. The maximum absolute atomic E-state index is 12.7. The summed E-state index contributed by atoms with van der Waals surface area (Å²) in [6, 6.07) is 12.8. The number of amides is 1. The van der Waals surface area contributed by atoms with Crippen molar-refractivity contribution >= 4 is 33.7 Å². The second-order valence-corrected chi connectivity index (χ2v) is 8.95. The maximum atomic E-state index is 12.7. The molecular weight excluding hydrogens is 446 g/mol. The van der Waals surface area contributed by atoms with Gasteiger partial charge in [-0.1, -0.05) is 6.07 Å². The molecule has 0 saturated carbocycles. The van der Waals surface area contributed by atoms with E-state index in [1.165, 1.54) is 11.3 Å². The Bertz CT molecular complexity index is 1270. The average Bonchev–Trinajstić information content (AvgIpc) is 3.46. The second-order valence-electron chi connectivity index (χ2n) is 7.02. The smallest absolute Gasteiger partial charge is 0.257 e. The predicted octanol–water partition coefficient (Wildman–Crippen LogP) is 5.18. The Balaban J connectivity index is 1.25. The number of carbonyl (C=O) groups excluding carboxylic acids is 1. The zero-order valence-electron chi connectivity index (χ0n) is 17.2. The molecule has 0 atom stereocenters. The van der Waals surface area contributed by atoms with E-state index in [1.807, 2.05) is 41.9 Å². The molecule has 0 bridgehead atoms. The first-order chi connectivity index (χ1) is 15.6. The van der Waals surface area contributed by atoms with Crippen LogP contribution in [0.4, 0.5) is 5.13 Å². The Morgan fingerprint density at radius 1 is 1.06 bits per heavy atom. The normalized spacial score (nSPS) is 12.4. The van der Waals surface area contributed by atoms with E-state index in [2.05, 4.69) is 15.3 Å². The van der Waals surface area contributed by atoms with E-state index in [1.54, 1.807) is 29.5 Å². The summed E-state index contributed by atoms with van der Waals surface area (Å²) in [6.07, 6.45) is 0. The van der Waals surface area contributed by atoms with Crippen LogP contribution >= 0.6 is 22.7 Å². The molecule has 32 heavy (non-hydrogen) atoms. The van der Waals surface area contributed by atoms with Gasteiger partial charge in [0.25, 0.3) is 5.91 Å². The standard InChI is InChI=1S/C23H19N3O4S2/c1-14-24-17(12-31-14)11-30-18-4-2-3-16(9-18)22(27)26-23-25-19(13-32-23)15-5-6-20-21(10-15)29-8-7-28-20/h2-6,9-10,12-13H,7-8,11H2,1H3,(H,25,26,27). The highest BCUT2D eigenvalue weighted by molar-refractivity contribution is 7.14. The fraction of sp³-hybridized carbons (Fsp3) is 0.174. The number of nitrogens with zero attached hydrogens (tertiary/aromatic N) is 2.